The number of ether oxygens (including phenoxy) is 1. The van der Waals surface area contributed by atoms with Crippen molar-refractivity contribution in [1.82, 2.24) is 0 Å². The zero-order valence-electron chi connectivity index (χ0n) is 16.3. The lowest BCUT2D eigenvalue weighted by molar-refractivity contribution is -0.382. The number of benzene rings is 2. The van der Waals surface area contributed by atoms with Gasteiger partial charge in [0.15, 0.2) is 15.9 Å². The van der Waals surface area contributed by atoms with Crippen molar-refractivity contribution >= 4 is 31.8 Å². The van der Waals surface area contributed by atoms with Crippen LogP contribution in [0.3, 0.4) is 0 Å². The Hall–Kier alpha value is -1.87. The van der Waals surface area contributed by atoms with Gasteiger partial charge in [-0.3, -0.25) is 0 Å². The molecule has 2 aromatic rings. The van der Waals surface area contributed by atoms with E-state index in [-0.39, 0.29) is 10.9 Å². The largest absolute Gasteiger partial charge is 0.743 e. The van der Waals surface area contributed by atoms with Gasteiger partial charge in [0.25, 0.3) is 0 Å². The Morgan fingerprint density at radius 3 is 1.75 bits per heavy atom. The minimum Gasteiger partial charge on any atom is -0.743 e. The van der Waals surface area contributed by atoms with Gasteiger partial charge in [0, 0.05) is 16.3 Å². The summed E-state index contributed by atoms with van der Waals surface area (Å²) < 4.78 is 141. The fourth-order valence-electron chi connectivity index (χ4n) is 2.32. The molecule has 0 radical (unpaired) electrons. The van der Waals surface area contributed by atoms with E-state index in [0.717, 1.165) is 5.75 Å². The lowest BCUT2D eigenvalue weighted by Gasteiger charge is -2.34. The van der Waals surface area contributed by atoms with E-state index in [4.69, 9.17) is 4.74 Å². The third-order valence-electron chi connectivity index (χ3n) is 3.90. The second-order valence-corrected chi connectivity index (χ2v) is 9.71. The van der Waals surface area contributed by atoms with Gasteiger partial charge in [0.2, 0.25) is 4.90 Å². The van der Waals surface area contributed by atoms with Gasteiger partial charge in [-0.1, -0.05) is 24.3 Å². The molecule has 0 atom stereocenters. The van der Waals surface area contributed by atoms with Gasteiger partial charge in [-0.25, -0.2) is 8.42 Å². The molecule has 0 saturated carbocycles. The van der Waals surface area contributed by atoms with E-state index >= 15 is 0 Å². The molecule has 32 heavy (non-hydrogen) atoms. The van der Waals surface area contributed by atoms with Crippen molar-refractivity contribution in [3.8, 4) is 5.75 Å². The van der Waals surface area contributed by atoms with Crippen molar-refractivity contribution in [2.45, 2.75) is 28.2 Å². The van der Waals surface area contributed by atoms with E-state index in [1.165, 1.54) is 15.7 Å². The summed E-state index contributed by atoms with van der Waals surface area (Å²) >= 11 is 0. The van der Waals surface area contributed by atoms with Gasteiger partial charge in [-0.15, -0.1) is 0 Å². The first-order chi connectivity index (χ1) is 14.2. The second kappa shape index (κ2) is 9.17. The van der Waals surface area contributed by atoms with Crippen LogP contribution in [-0.4, -0.2) is 55.9 Å². The zero-order valence-corrected chi connectivity index (χ0v) is 17.9. The van der Waals surface area contributed by atoms with E-state index in [2.05, 4.69) is 48.9 Å². The lowest BCUT2D eigenvalue weighted by atomic mass is 10.1. The van der Waals surface area contributed by atoms with E-state index in [9.17, 15) is 52.5 Å². The fourth-order valence-corrected chi connectivity index (χ4v) is 3.94. The first-order valence-electron chi connectivity index (χ1n) is 8.03. The molecule has 0 N–H and O–H groups in total. The summed E-state index contributed by atoms with van der Waals surface area (Å²) in [5.41, 5.74) is 0. The summed E-state index contributed by atoms with van der Waals surface area (Å²) in [5, 5.41) is -4.52. The van der Waals surface area contributed by atoms with Crippen LogP contribution in [0, 0.1) is 0 Å². The highest BCUT2D eigenvalue weighted by Crippen LogP contribution is 2.54. The van der Waals surface area contributed by atoms with E-state index in [0.29, 0.717) is 0 Å². The average Bonchev–Trinajstić information content (AvgIpc) is 2.65. The second-order valence-electron chi connectivity index (χ2n) is 6.25. The minimum atomic E-state index is -7.43. The Bertz CT molecular complexity index is 1050. The van der Waals surface area contributed by atoms with Crippen molar-refractivity contribution in [2.24, 2.45) is 0 Å². The van der Waals surface area contributed by atoms with Crippen molar-refractivity contribution in [2.75, 3.05) is 19.6 Å². The minimum absolute atomic E-state index is 0.210. The summed E-state index contributed by atoms with van der Waals surface area (Å²) in [4.78, 5) is 1.33. The number of hydrogen-bond donors (Lipinski definition) is 0. The molecule has 0 amide bonds. The van der Waals surface area contributed by atoms with Gasteiger partial charge >= 0.3 is 23.3 Å². The summed E-state index contributed by atoms with van der Waals surface area (Å²) in [6, 6.07) is 12.6. The molecule has 0 heterocycles. The van der Waals surface area contributed by atoms with Gasteiger partial charge in [0.1, 0.15) is 12.5 Å². The predicted molar refractivity (Wildman–Crippen MR) is 98.6 cm³/mol. The van der Waals surface area contributed by atoms with Crippen LogP contribution >= 0.6 is 0 Å². The Balaban J connectivity index is 0.000000321. The predicted octanol–water partition coefficient (Wildman–Crippen LogP) is 5.04. The molecule has 0 fully saturated rings. The maximum absolute atomic E-state index is 12.2. The molecule has 0 aromatic heterocycles. The van der Waals surface area contributed by atoms with Gasteiger partial charge < -0.3 is 9.29 Å². The van der Waals surface area contributed by atoms with E-state index in [1.54, 1.807) is 7.11 Å². The number of hydrogen-bond acceptors (Lipinski definition) is 4. The molecule has 0 aliphatic rings. The molecular weight excluding hydrogens is 503 g/mol. The topological polar surface area (TPSA) is 66.4 Å². The first-order valence-corrected chi connectivity index (χ1v) is 11.5. The van der Waals surface area contributed by atoms with E-state index in [1.807, 2.05) is 0 Å². The molecular formula is C17H15F9O4S2. The highest BCUT2D eigenvalue weighted by molar-refractivity contribution is 7.95. The van der Waals surface area contributed by atoms with Crippen LogP contribution in [0.25, 0.3) is 10.8 Å². The monoisotopic (exact) mass is 518 g/mol. The molecule has 0 saturated heterocycles. The molecule has 0 bridgehead atoms. The van der Waals surface area contributed by atoms with Crippen LogP contribution in [0.15, 0.2) is 41.3 Å². The highest BCUT2D eigenvalue weighted by Gasteiger charge is 2.83. The van der Waals surface area contributed by atoms with Crippen LogP contribution in [0.4, 0.5) is 39.5 Å². The maximum atomic E-state index is 12.2. The van der Waals surface area contributed by atoms with Crippen LogP contribution in [0.2, 0.25) is 0 Å². The molecule has 0 unspecified atom stereocenters. The molecule has 0 spiro atoms. The van der Waals surface area contributed by atoms with Gasteiger partial charge in [0.05, 0.1) is 7.11 Å². The summed E-state index contributed by atoms with van der Waals surface area (Å²) in [6.45, 7) is 0. The molecule has 182 valence electrons. The SMILES string of the molecule is COc1ccc2ccccc2c1[S+](C)C.O=S(=O)([O-])C(F)(F)C(F)(F)C(F)(F)C(F)(F)F. The van der Waals surface area contributed by atoms with Crippen LogP contribution < -0.4 is 4.74 Å². The smallest absolute Gasteiger partial charge is 0.460 e. The van der Waals surface area contributed by atoms with E-state index < -0.39 is 33.4 Å². The first kappa shape index (κ1) is 28.2. The summed E-state index contributed by atoms with van der Waals surface area (Å²) in [5.74, 6) is -13.8. The Morgan fingerprint density at radius 1 is 0.844 bits per heavy atom. The Morgan fingerprint density at radius 2 is 1.34 bits per heavy atom. The molecule has 0 aliphatic carbocycles. The normalized spacial score (nSPS) is 13.7. The highest BCUT2D eigenvalue weighted by atomic mass is 32.2. The van der Waals surface area contributed by atoms with Crippen molar-refractivity contribution in [1.29, 1.82) is 0 Å². The Kier molecular flexibility index (Phi) is 8.07. The quantitative estimate of drug-likeness (QED) is 0.316. The molecule has 15 heteroatoms. The van der Waals surface area contributed by atoms with Crippen LogP contribution in [0.1, 0.15) is 0 Å². The Labute approximate surface area is 179 Å². The lowest BCUT2D eigenvalue weighted by Crippen LogP contribution is -2.63. The third-order valence-corrected chi connectivity index (χ3v) is 6.02. The standard InChI is InChI=1S/C13H15OS.C4HF9O3S/c1-14-12-9-8-10-6-4-5-7-11(10)13(12)15(2)3;5-1(6,3(9,10)11)2(7,8)4(12,13)17(14,15)16/h4-9H,1-3H3;(H,14,15,16)/q+1;/p-1. The number of methoxy groups -OCH3 is 1. The zero-order chi connectivity index (χ0) is 25.3. The summed E-state index contributed by atoms with van der Waals surface area (Å²) in [7, 11) is -5.47. The third kappa shape index (κ3) is 5.03. The number of alkyl halides is 9. The van der Waals surface area contributed by atoms with Crippen LogP contribution in [0.5, 0.6) is 5.75 Å². The molecule has 0 aliphatic heterocycles. The molecule has 2 rings (SSSR count). The number of fused-ring (bicyclic) bond motifs is 1. The van der Waals surface area contributed by atoms with Gasteiger partial charge in [-0.05, 0) is 17.5 Å². The van der Waals surface area contributed by atoms with Crippen molar-refractivity contribution in [3.63, 3.8) is 0 Å². The number of rotatable bonds is 5. The van der Waals surface area contributed by atoms with Crippen molar-refractivity contribution < 1.29 is 57.2 Å². The van der Waals surface area contributed by atoms with Gasteiger partial charge in [-0.2, -0.15) is 39.5 Å². The van der Waals surface area contributed by atoms with Crippen LogP contribution in [-0.2, 0) is 21.0 Å². The molecule has 4 nitrogen and oxygen atoms in total. The number of halogens is 9. The fraction of sp³-hybridized carbons (Fsp3) is 0.412. The summed E-state index contributed by atoms with van der Waals surface area (Å²) in [6.07, 6.45) is -2.71. The molecule has 2 aromatic carbocycles. The van der Waals surface area contributed by atoms with Crippen molar-refractivity contribution in [3.05, 3.63) is 36.4 Å². The maximum Gasteiger partial charge on any atom is 0.460 e. The average molecular weight is 518 g/mol.